The molecule has 4 heteroatoms. The van der Waals surface area contributed by atoms with Gasteiger partial charge in [0.25, 0.3) is 0 Å². The van der Waals surface area contributed by atoms with Crippen molar-refractivity contribution in [3.05, 3.63) is 0 Å². The summed E-state index contributed by atoms with van der Waals surface area (Å²) in [4.78, 5) is 16.3. The number of likely N-dealkylation sites (tertiary alicyclic amines) is 1. The van der Waals surface area contributed by atoms with E-state index in [1.54, 1.807) is 0 Å². The van der Waals surface area contributed by atoms with E-state index >= 15 is 0 Å². The molecule has 0 aromatic carbocycles. The van der Waals surface area contributed by atoms with Crippen LogP contribution in [0.3, 0.4) is 0 Å². The van der Waals surface area contributed by atoms with Crippen molar-refractivity contribution in [2.75, 3.05) is 45.9 Å². The molecule has 0 N–H and O–H groups in total. The molecule has 1 aliphatic carbocycles. The van der Waals surface area contributed by atoms with Gasteiger partial charge in [0.2, 0.25) is 5.91 Å². The zero-order chi connectivity index (χ0) is 11.0. The first-order valence-corrected chi connectivity index (χ1v) is 6.41. The van der Waals surface area contributed by atoms with Gasteiger partial charge < -0.3 is 9.64 Å². The average Bonchev–Trinajstić information content (AvgIpc) is 2.94. The number of piperidine rings is 1. The fourth-order valence-electron chi connectivity index (χ4n) is 2.84. The lowest BCUT2D eigenvalue weighted by molar-refractivity contribution is -0.131. The first-order chi connectivity index (χ1) is 7.83. The molecule has 1 amide bonds. The van der Waals surface area contributed by atoms with Crippen LogP contribution in [-0.2, 0) is 9.53 Å². The van der Waals surface area contributed by atoms with Gasteiger partial charge in [-0.1, -0.05) is 0 Å². The highest BCUT2D eigenvalue weighted by molar-refractivity contribution is 5.76. The molecule has 1 saturated carbocycles. The molecule has 90 valence electrons. The van der Waals surface area contributed by atoms with Crippen molar-refractivity contribution in [1.29, 1.82) is 0 Å². The summed E-state index contributed by atoms with van der Waals surface area (Å²) in [5.74, 6) is 2.07. The number of rotatable bonds is 3. The molecule has 0 spiro atoms. The Labute approximate surface area is 96.5 Å². The van der Waals surface area contributed by atoms with Crippen LogP contribution in [-0.4, -0.2) is 61.6 Å². The maximum Gasteiger partial charge on any atom is 0.223 e. The first-order valence-electron chi connectivity index (χ1n) is 6.41. The van der Waals surface area contributed by atoms with Gasteiger partial charge in [-0.3, -0.25) is 9.69 Å². The number of morpholine rings is 1. The fourth-order valence-corrected chi connectivity index (χ4v) is 2.84. The Hall–Kier alpha value is -0.610. The molecule has 16 heavy (non-hydrogen) atoms. The van der Waals surface area contributed by atoms with Gasteiger partial charge in [0.05, 0.1) is 13.2 Å². The van der Waals surface area contributed by atoms with Gasteiger partial charge in [0.15, 0.2) is 0 Å². The zero-order valence-electron chi connectivity index (χ0n) is 9.73. The Balaban J connectivity index is 1.39. The minimum atomic E-state index is 0.360. The number of hydrogen-bond acceptors (Lipinski definition) is 3. The normalized spacial score (nSPS) is 33.9. The lowest BCUT2D eigenvalue weighted by Crippen LogP contribution is -2.39. The summed E-state index contributed by atoms with van der Waals surface area (Å²) in [6, 6.07) is 0. The van der Waals surface area contributed by atoms with Crippen LogP contribution in [0.2, 0.25) is 0 Å². The number of hydrogen-bond donors (Lipinski definition) is 0. The van der Waals surface area contributed by atoms with Crippen molar-refractivity contribution < 1.29 is 9.53 Å². The number of carbonyl (C=O) groups is 1. The predicted octanol–water partition coefficient (Wildman–Crippen LogP) is 0.187. The molecule has 0 radical (unpaired) electrons. The van der Waals surface area contributed by atoms with Crippen LogP contribution in [0.1, 0.15) is 12.8 Å². The second kappa shape index (κ2) is 4.34. The van der Waals surface area contributed by atoms with Gasteiger partial charge in [-0.2, -0.15) is 0 Å². The highest BCUT2D eigenvalue weighted by Gasteiger charge is 2.46. The van der Waals surface area contributed by atoms with E-state index in [-0.39, 0.29) is 0 Å². The van der Waals surface area contributed by atoms with Crippen molar-refractivity contribution in [2.45, 2.75) is 12.8 Å². The Bertz CT molecular complexity index is 266. The molecule has 0 aromatic heterocycles. The van der Waals surface area contributed by atoms with E-state index in [0.29, 0.717) is 12.3 Å². The lowest BCUT2D eigenvalue weighted by Gasteiger charge is -2.27. The van der Waals surface area contributed by atoms with Crippen LogP contribution < -0.4 is 0 Å². The smallest absolute Gasteiger partial charge is 0.223 e. The number of nitrogens with zero attached hydrogens (tertiary/aromatic N) is 2. The molecule has 0 bridgehead atoms. The summed E-state index contributed by atoms with van der Waals surface area (Å²) in [5.41, 5.74) is 0. The van der Waals surface area contributed by atoms with Crippen LogP contribution in [0.5, 0.6) is 0 Å². The van der Waals surface area contributed by atoms with Gasteiger partial charge in [-0.25, -0.2) is 0 Å². The van der Waals surface area contributed by atoms with Crippen LogP contribution in [0.15, 0.2) is 0 Å². The third-order valence-electron chi connectivity index (χ3n) is 4.08. The topological polar surface area (TPSA) is 32.8 Å². The quantitative estimate of drug-likeness (QED) is 0.686. The molecule has 2 heterocycles. The van der Waals surface area contributed by atoms with Crippen molar-refractivity contribution in [3.8, 4) is 0 Å². The van der Waals surface area contributed by atoms with E-state index in [9.17, 15) is 4.79 Å². The van der Waals surface area contributed by atoms with Gasteiger partial charge in [-0.15, -0.1) is 0 Å². The van der Waals surface area contributed by atoms with Crippen LogP contribution in [0, 0.1) is 11.8 Å². The molecule has 2 saturated heterocycles. The molecule has 0 aromatic rings. The molecule has 3 aliphatic rings. The Morgan fingerprint density at radius 3 is 2.56 bits per heavy atom. The van der Waals surface area contributed by atoms with Crippen molar-refractivity contribution in [1.82, 2.24) is 9.80 Å². The number of ether oxygens (including phenoxy) is 1. The minimum absolute atomic E-state index is 0.360. The largest absolute Gasteiger partial charge is 0.379 e. The summed E-state index contributed by atoms with van der Waals surface area (Å²) in [7, 11) is 0. The third-order valence-corrected chi connectivity index (χ3v) is 4.08. The van der Waals surface area contributed by atoms with E-state index < -0.39 is 0 Å². The van der Waals surface area contributed by atoms with Crippen LogP contribution in [0.4, 0.5) is 0 Å². The Morgan fingerprint density at radius 1 is 1.19 bits per heavy atom. The highest BCUT2D eigenvalue weighted by atomic mass is 16.5. The lowest BCUT2D eigenvalue weighted by atomic mass is 10.3. The predicted molar refractivity (Wildman–Crippen MR) is 60.1 cm³/mol. The molecule has 2 atom stereocenters. The monoisotopic (exact) mass is 224 g/mol. The van der Waals surface area contributed by atoms with E-state index in [2.05, 4.69) is 9.80 Å². The number of amides is 1. The summed E-state index contributed by atoms with van der Waals surface area (Å²) in [5, 5.41) is 0. The first kappa shape index (κ1) is 10.5. The van der Waals surface area contributed by atoms with Gasteiger partial charge in [0.1, 0.15) is 0 Å². The summed E-state index contributed by atoms with van der Waals surface area (Å²) < 4.78 is 5.29. The maximum absolute atomic E-state index is 11.9. The molecular weight excluding hydrogens is 204 g/mol. The minimum Gasteiger partial charge on any atom is -0.379 e. The van der Waals surface area contributed by atoms with E-state index in [1.165, 1.54) is 6.42 Å². The van der Waals surface area contributed by atoms with E-state index in [1.807, 2.05) is 0 Å². The third kappa shape index (κ3) is 2.23. The van der Waals surface area contributed by atoms with Crippen LogP contribution in [0.25, 0.3) is 0 Å². The standard InChI is InChI=1S/C12H20N2O2/c15-12(14-8-10-7-11(10)9-14)1-2-13-3-5-16-6-4-13/h10-11H,1-9H2. The van der Waals surface area contributed by atoms with Crippen molar-refractivity contribution in [2.24, 2.45) is 11.8 Å². The van der Waals surface area contributed by atoms with Gasteiger partial charge in [-0.05, 0) is 18.3 Å². The fraction of sp³-hybridized carbons (Fsp3) is 0.917. The van der Waals surface area contributed by atoms with Gasteiger partial charge in [0, 0.05) is 39.1 Å². The maximum atomic E-state index is 11.9. The van der Waals surface area contributed by atoms with E-state index in [0.717, 1.165) is 57.8 Å². The Kier molecular flexibility index (Phi) is 2.86. The van der Waals surface area contributed by atoms with Gasteiger partial charge >= 0.3 is 0 Å². The Morgan fingerprint density at radius 2 is 1.88 bits per heavy atom. The highest BCUT2D eigenvalue weighted by Crippen LogP contribution is 2.44. The second-order valence-corrected chi connectivity index (χ2v) is 5.26. The van der Waals surface area contributed by atoms with Crippen LogP contribution >= 0.6 is 0 Å². The summed E-state index contributed by atoms with van der Waals surface area (Å²) in [6.45, 7) is 6.59. The molecule has 4 nitrogen and oxygen atoms in total. The van der Waals surface area contributed by atoms with Crippen molar-refractivity contribution in [3.63, 3.8) is 0 Å². The SMILES string of the molecule is O=C(CCN1CCOCC1)N1CC2CC2C1. The molecule has 2 aliphatic heterocycles. The zero-order valence-corrected chi connectivity index (χ0v) is 9.73. The average molecular weight is 224 g/mol. The summed E-state index contributed by atoms with van der Waals surface area (Å²) in [6.07, 6.45) is 2.06. The molecule has 3 rings (SSSR count). The number of fused-ring (bicyclic) bond motifs is 1. The number of carbonyl (C=O) groups excluding carboxylic acids is 1. The molecule has 2 unspecified atom stereocenters. The van der Waals surface area contributed by atoms with E-state index in [4.69, 9.17) is 4.74 Å². The summed E-state index contributed by atoms with van der Waals surface area (Å²) >= 11 is 0. The van der Waals surface area contributed by atoms with Crippen molar-refractivity contribution >= 4 is 5.91 Å². The molecular formula is C12H20N2O2. The second-order valence-electron chi connectivity index (χ2n) is 5.26. The molecule has 3 fully saturated rings.